The number of likely N-dealkylation sites (tertiary alicyclic amines) is 1. The molecule has 1 atom stereocenters. The van der Waals surface area contributed by atoms with Gasteiger partial charge in [0.2, 0.25) is 0 Å². The summed E-state index contributed by atoms with van der Waals surface area (Å²) in [6.45, 7) is 3.84. The van der Waals surface area contributed by atoms with Crippen molar-refractivity contribution in [2.45, 2.75) is 45.1 Å². The summed E-state index contributed by atoms with van der Waals surface area (Å²) in [6, 6.07) is 12.7. The van der Waals surface area contributed by atoms with E-state index in [2.05, 4.69) is 5.32 Å². The standard InChI is InChI=1S/C26H31ClN2O4/c1-2-32-23-16-20(10-13-22(23)33-17-24(30)29-14-4-3-5-15-29)26(31)28-25(18-6-7-18)19-8-11-21(27)12-9-19/h8-13,16,18,25H,2-7,14-15,17H2,1H3,(H,28,31)/t25-/m1/s1. The van der Waals surface area contributed by atoms with Crippen LogP contribution < -0.4 is 14.8 Å². The summed E-state index contributed by atoms with van der Waals surface area (Å²) in [4.78, 5) is 27.4. The number of nitrogens with one attached hydrogen (secondary N) is 1. The zero-order chi connectivity index (χ0) is 23.2. The highest BCUT2D eigenvalue weighted by Gasteiger charge is 2.33. The molecule has 1 aliphatic heterocycles. The first kappa shape index (κ1) is 23.4. The van der Waals surface area contributed by atoms with Crippen molar-refractivity contribution < 1.29 is 19.1 Å². The van der Waals surface area contributed by atoms with Crippen LogP contribution in [0, 0.1) is 5.92 Å². The van der Waals surface area contributed by atoms with Gasteiger partial charge in [-0.3, -0.25) is 9.59 Å². The number of amides is 2. The summed E-state index contributed by atoms with van der Waals surface area (Å²) in [6.07, 6.45) is 5.43. The van der Waals surface area contributed by atoms with Crippen LogP contribution in [-0.2, 0) is 4.79 Å². The Morgan fingerprint density at radius 1 is 1.03 bits per heavy atom. The molecule has 0 unspecified atom stereocenters. The highest BCUT2D eigenvalue weighted by Crippen LogP contribution is 2.41. The number of nitrogens with zero attached hydrogens (tertiary/aromatic N) is 1. The van der Waals surface area contributed by atoms with E-state index in [1.54, 1.807) is 18.2 Å². The Kier molecular flexibility index (Phi) is 7.76. The minimum atomic E-state index is -0.168. The molecule has 1 saturated heterocycles. The van der Waals surface area contributed by atoms with Crippen molar-refractivity contribution in [3.05, 3.63) is 58.6 Å². The van der Waals surface area contributed by atoms with E-state index in [4.69, 9.17) is 21.1 Å². The molecule has 0 aromatic heterocycles. The highest BCUT2D eigenvalue weighted by molar-refractivity contribution is 6.30. The molecule has 2 aliphatic rings. The fourth-order valence-corrected chi connectivity index (χ4v) is 4.33. The number of piperidine rings is 1. The molecular weight excluding hydrogens is 440 g/mol. The lowest BCUT2D eigenvalue weighted by atomic mass is 10.0. The van der Waals surface area contributed by atoms with E-state index >= 15 is 0 Å². The van der Waals surface area contributed by atoms with Gasteiger partial charge in [0.25, 0.3) is 11.8 Å². The van der Waals surface area contributed by atoms with Crippen LogP contribution in [-0.4, -0.2) is 43.0 Å². The molecule has 1 heterocycles. The molecule has 2 amide bonds. The third-order valence-corrected chi connectivity index (χ3v) is 6.43. The van der Waals surface area contributed by atoms with Gasteiger partial charge < -0.3 is 19.7 Å². The van der Waals surface area contributed by atoms with Crippen molar-refractivity contribution in [3.8, 4) is 11.5 Å². The highest BCUT2D eigenvalue weighted by atomic mass is 35.5. The molecular formula is C26H31ClN2O4. The monoisotopic (exact) mass is 470 g/mol. The quantitative estimate of drug-likeness (QED) is 0.559. The van der Waals surface area contributed by atoms with Gasteiger partial charge in [-0.25, -0.2) is 0 Å². The molecule has 0 radical (unpaired) electrons. The molecule has 2 fully saturated rings. The van der Waals surface area contributed by atoms with Crippen LogP contribution in [0.1, 0.15) is 61.0 Å². The van der Waals surface area contributed by atoms with E-state index in [0.717, 1.165) is 44.3 Å². The fourth-order valence-electron chi connectivity index (χ4n) is 4.21. The van der Waals surface area contributed by atoms with Crippen molar-refractivity contribution >= 4 is 23.4 Å². The Morgan fingerprint density at radius 2 is 1.76 bits per heavy atom. The van der Waals surface area contributed by atoms with Crippen LogP contribution in [0.25, 0.3) is 0 Å². The first-order valence-corrected chi connectivity index (χ1v) is 12.2. The number of benzene rings is 2. The molecule has 33 heavy (non-hydrogen) atoms. The third-order valence-electron chi connectivity index (χ3n) is 6.17. The van der Waals surface area contributed by atoms with Gasteiger partial charge in [-0.1, -0.05) is 23.7 Å². The van der Waals surface area contributed by atoms with Gasteiger partial charge in [0, 0.05) is 23.7 Å². The molecule has 1 saturated carbocycles. The molecule has 4 rings (SSSR count). The Hall–Kier alpha value is -2.73. The van der Waals surface area contributed by atoms with Gasteiger partial charge in [-0.2, -0.15) is 0 Å². The summed E-state index contributed by atoms with van der Waals surface area (Å²) >= 11 is 6.03. The SMILES string of the molecule is CCOc1cc(C(=O)N[C@@H](c2ccc(Cl)cc2)C2CC2)ccc1OCC(=O)N1CCCCC1. The van der Waals surface area contributed by atoms with Crippen molar-refractivity contribution in [1.82, 2.24) is 10.2 Å². The Bertz CT molecular complexity index is 969. The molecule has 7 heteroatoms. The number of carbonyl (C=O) groups is 2. The third kappa shape index (κ3) is 6.20. The maximum absolute atomic E-state index is 13.1. The van der Waals surface area contributed by atoms with Gasteiger partial charge >= 0.3 is 0 Å². The number of halogens is 1. The zero-order valence-corrected chi connectivity index (χ0v) is 19.8. The lowest BCUT2D eigenvalue weighted by molar-refractivity contribution is -0.134. The maximum atomic E-state index is 13.1. The zero-order valence-electron chi connectivity index (χ0n) is 19.0. The summed E-state index contributed by atoms with van der Waals surface area (Å²) in [5.74, 6) is 1.18. The van der Waals surface area contributed by atoms with Gasteiger partial charge in [-0.05, 0) is 80.8 Å². The molecule has 1 aliphatic carbocycles. The lowest BCUT2D eigenvalue weighted by Crippen LogP contribution is -2.38. The van der Waals surface area contributed by atoms with E-state index in [0.29, 0.717) is 34.6 Å². The van der Waals surface area contributed by atoms with Crippen LogP contribution >= 0.6 is 11.6 Å². The number of rotatable bonds is 9. The largest absolute Gasteiger partial charge is 0.490 e. The van der Waals surface area contributed by atoms with Crippen LogP contribution in [0.3, 0.4) is 0 Å². The summed E-state index contributed by atoms with van der Waals surface area (Å²) < 4.78 is 11.5. The smallest absolute Gasteiger partial charge is 0.260 e. The van der Waals surface area contributed by atoms with Gasteiger partial charge in [0.05, 0.1) is 12.6 Å². The Morgan fingerprint density at radius 3 is 2.42 bits per heavy atom. The molecule has 0 spiro atoms. The first-order chi connectivity index (χ1) is 16.0. The van der Waals surface area contributed by atoms with Gasteiger partial charge in [0.1, 0.15) is 0 Å². The Balaban J connectivity index is 1.43. The van der Waals surface area contributed by atoms with Crippen LogP contribution in [0.4, 0.5) is 0 Å². The second-order valence-corrected chi connectivity index (χ2v) is 9.10. The van der Waals surface area contributed by atoms with E-state index < -0.39 is 0 Å². The van der Waals surface area contributed by atoms with E-state index in [-0.39, 0.29) is 24.5 Å². The maximum Gasteiger partial charge on any atom is 0.260 e. The number of hydrogen-bond donors (Lipinski definition) is 1. The van der Waals surface area contributed by atoms with Gasteiger partial charge in [-0.15, -0.1) is 0 Å². The average Bonchev–Trinajstić information content (AvgIpc) is 3.68. The molecule has 6 nitrogen and oxygen atoms in total. The molecule has 2 aromatic carbocycles. The molecule has 2 aromatic rings. The summed E-state index contributed by atoms with van der Waals surface area (Å²) in [5, 5.41) is 3.85. The summed E-state index contributed by atoms with van der Waals surface area (Å²) in [7, 11) is 0. The second-order valence-electron chi connectivity index (χ2n) is 8.66. The van der Waals surface area contributed by atoms with E-state index in [1.807, 2.05) is 36.1 Å². The van der Waals surface area contributed by atoms with Crippen molar-refractivity contribution in [1.29, 1.82) is 0 Å². The van der Waals surface area contributed by atoms with Crippen molar-refractivity contribution in [2.24, 2.45) is 5.92 Å². The van der Waals surface area contributed by atoms with Crippen LogP contribution in [0.15, 0.2) is 42.5 Å². The van der Waals surface area contributed by atoms with E-state index in [1.165, 1.54) is 6.42 Å². The number of hydrogen-bond acceptors (Lipinski definition) is 4. The number of ether oxygens (including phenoxy) is 2. The van der Waals surface area contributed by atoms with Gasteiger partial charge in [0.15, 0.2) is 18.1 Å². The van der Waals surface area contributed by atoms with Crippen molar-refractivity contribution in [3.63, 3.8) is 0 Å². The second kappa shape index (κ2) is 10.9. The lowest BCUT2D eigenvalue weighted by Gasteiger charge is -2.26. The first-order valence-electron chi connectivity index (χ1n) is 11.8. The molecule has 0 bridgehead atoms. The number of carbonyl (C=O) groups excluding carboxylic acids is 2. The minimum Gasteiger partial charge on any atom is -0.490 e. The summed E-state index contributed by atoms with van der Waals surface area (Å²) in [5.41, 5.74) is 1.55. The van der Waals surface area contributed by atoms with Crippen LogP contribution in [0.2, 0.25) is 5.02 Å². The average molecular weight is 471 g/mol. The van der Waals surface area contributed by atoms with E-state index in [9.17, 15) is 9.59 Å². The minimum absolute atomic E-state index is 0.0193. The normalized spacial score (nSPS) is 16.7. The Labute approximate surface area is 200 Å². The van der Waals surface area contributed by atoms with Crippen molar-refractivity contribution in [2.75, 3.05) is 26.3 Å². The molecule has 1 N–H and O–H groups in total. The fraction of sp³-hybridized carbons (Fsp3) is 0.462. The predicted octanol–water partition coefficient (Wildman–Crippen LogP) is 5.01. The van der Waals surface area contributed by atoms with Crippen LogP contribution in [0.5, 0.6) is 11.5 Å². The predicted molar refractivity (Wildman–Crippen MR) is 128 cm³/mol. The molecule has 176 valence electrons. The topological polar surface area (TPSA) is 67.9 Å².